The molecule has 0 aliphatic heterocycles. The molecule has 0 fully saturated rings. The second-order valence-corrected chi connectivity index (χ2v) is 1.40. The zero-order chi connectivity index (χ0) is 6.69. The number of carbonyl (C=O) groups excluding carboxylic acids is 1. The molecule has 1 heterocycles. The molecule has 1 amide bonds. The summed E-state index contributed by atoms with van der Waals surface area (Å²) in [5.41, 5.74) is 1.61. The SMILES string of the molecule is O=C(NO)c1c[nH]cn1. The molecule has 0 spiro atoms. The van der Waals surface area contributed by atoms with Crippen molar-refractivity contribution in [3.05, 3.63) is 18.2 Å². The summed E-state index contributed by atoms with van der Waals surface area (Å²) in [5.74, 6) is -0.615. The lowest BCUT2D eigenvalue weighted by Gasteiger charge is -1.88. The van der Waals surface area contributed by atoms with Crippen LogP contribution in [0, 0.1) is 0 Å². The van der Waals surface area contributed by atoms with E-state index in [9.17, 15) is 4.79 Å². The third-order valence-electron chi connectivity index (χ3n) is 0.832. The number of imidazole rings is 1. The van der Waals surface area contributed by atoms with Gasteiger partial charge in [-0.2, -0.15) is 0 Å². The van der Waals surface area contributed by atoms with E-state index in [1.165, 1.54) is 18.0 Å². The second-order valence-electron chi connectivity index (χ2n) is 1.40. The van der Waals surface area contributed by atoms with Crippen molar-refractivity contribution in [1.29, 1.82) is 0 Å². The normalized spacial score (nSPS) is 9.00. The molecular weight excluding hydrogens is 122 g/mol. The molecule has 0 aliphatic rings. The fourth-order valence-electron chi connectivity index (χ4n) is 0.442. The third kappa shape index (κ3) is 1.06. The largest absolute Gasteiger partial charge is 0.350 e. The summed E-state index contributed by atoms with van der Waals surface area (Å²) in [6, 6.07) is 0. The van der Waals surface area contributed by atoms with Gasteiger partial charge in [-0.3, -0.25) is 10.0 Å². The van der Waals surface area contributed by atoms with Crippen LogP contribution in [0.5, 0.6) is 0 Å². The lowest BCUT2D eigenvalue weighted by molar-refractivity contribution is 0.0701. The van der Waals surface area contributed by atoms with Gasteiger partial charge in [-0.25, -0.2) is 10.5 Å². The van der Waals surface area contributed by atoms with Gasteiger partial charge in [0.15, 0.2) is 0 Å². The van der Waals surface area contributed by atoms with Crippen LogP contribution in [-0.2, 0) is 0 Å². The van der Waals surface area contributed by atoms with Gasteiger partial charge in [0, 0.05) is 6.20 Å². The quantitative estimate of drug-likeness (QED) is 0.352. The van der Waals surface area contributed by atoms with Gasteiger partial charge in [0.2, 0.25) is 0 Å². The van der Waals surface area contributed by atoms with Crippen LogP contribution in [0.3, 0.4) is 0 Å². The van der Waals surface area contributed by atoms with Gasteiger partial charge in [-0.05, 0) is 0 Å². The number of amides is 1. The Kier molecular flexibility index (Phi) is 1.46. The summed E-state index contributed by atoms with van der Waals surface area (Å²) in [4.78, 5) is 16.6. The van der Waals surface area contributed by atoms with Gasteiger partial charge >= 0.3 is 0 Å². The molecule has 0 saturated heterocycles. The molecule has 0 radical (unpaired) electrons. The Morgan fingerprint density at radius 3 is 3.11 bits per heavy atom. The Labute approximate surface area is 50.7 Å². The van der Waals surface area contributed by atoms with Crippen LogP contribution in [0.4, 0.5) is 0 Å². The lowest BCUT2D eigenvalue weighted by atomic mass is 10.5. The fourth-order valence-corrected chi connectivity index (χ4v) is 0.442. The van der Waals surface area contributed by atoms with E-state index in [1.807, 2.05) is 0 Å². The van der Waals surface area contributed by atoms with Crippen LogP contribution in [0.25, 0.3) is 0 Å². The summed E-state index contributed by atoms with van der Waals surface area (Å²) in [6.45, 7) is 0. The maximum Gasteiger partial charge on any atom is 0.294 e. The number of hydroxylamine groups is 1. The Balaban J connectivity index is 2.77. The number of aromatic amines is 1. The number of rotatable bonds is 1. The fraction of sp³-hybridized carbons (Fsp3) is 0. The van der Waals surface area contributed by atoms with Gasteiger partial charge in [0.05, 0.1) is 6.33 Å². The van der Waals surface area contributed by atoms with Crippen molar-refractivity contribution < 1.29 is 10.0 Å². The average Bonchev–Trinajstić information content (AvgIpc) is 2.37. The summed E-state index contributed by atoms with van der Waals surface area (Å²) in [6.07, 6.45) is 2.73. The van der Waals surface area contributed by atoms with Crippen molar-refractivity contribution in [3.63, 3.8) is 0 Å². The molecule has 0 atom stereocenters. The van der Waals surface area contributed by atoms with E-state index >= 15 is 0 Å². The minimum atomic E-state index is -0.615. The van der Waals surface area contributed by atoms with E-state index < -0.39 is 5.91 Å². The molecule has 3 N–H and O–H groups in total. The Morgan fingerprint density at radius 1 is 1.89 bits per heavy atom. The molecular formula is C4H5N3O2. The third-order valence-corrected chi connectivity index (χ3v) is 0.832. The van der Waals surface area contributed by atoms with Gasteiger partial charge in [0.1, 0.15) is 5.69 Å². The lowest BCUT2D eigenvalue weighted by Crippen LogP contribution is -2.18. The Morgan fingerprint density at radius 2 is 2.67 bits per heavy atom. The highest BCUT2D eigenvalue weighted by atomic mass is 16.5. The highest BCUT2D eigenvalue weighted by Gasteiger charge is 2.02. The first-order chi connectivity index (χ1) is 4.34. The molecule has 48 valence electrons. The molecule has 0 unspecified atom stereocenters. The van der Waals surface area contributed by atoms with Crippen molar-refractivity contribution in [3.8, 4) is 0 Å². The first-order valence-electron chi connectivity index (χ1n) is 2.28. The molecule has 9 heavy (non-hydrogen) atoms. The average molecular weight is 127 g/mol. The van der Waals surface area contributed by atoms with E-state index in [4.69, 9.17) is 5.21 Å². The molecule has 5 heteroatoms. The molecule has 0 saturated carbocycles. The number of hydrogen-bond donors (Lipinski definition) is 3. The standard InChI is InChI=1S/C4H5N3O2/c8-4(7-9)3-1-5-2-6-3/h1-2,9H,(H,5,6)(H,7,8). The van der Waals surface area contributed by atoms with Crippen molar-refractivity contribution >= 4 is 5.91 Å². The maximum absolute atomic E-state index is 10.4. The number of H-pyrrole nitrogens is 1. The summed E-state index contributed by atoms with van der Waals surface area (Å²) >= 11 is 0. The molecule has 1 aromatic rings. The van der Waals surface area contributed by atoms with Crippen LogP contribution in [0.1, 0.15) is 10.5 Å². The number of nitrogens with zero attached hydrogens (tertiary/aromatic N) is 1. The van der Waals surface area contributed by atoms with E-state index in [0.29, 0.717) is 0 Å². The summed E-state index contributed by atoms with van der Waals surface area (Å²) in [5, 5.41) is 8.05. The first kappa shape index (κ1) is 5.77. The van der Waals surface area contributed by atoms with Gasteiger partial charge < -0.3 is 4.98 Å². The van der Waals surface area contributed by atoms with Crippen molar-refractivity contribution in [1.82, 2.24) is 15.4 Å². The predicted octanol–water partition coefficient (Wildman–Crippen LogP) is -0.471. The van der Waals surface area contributed by atoms with Crippen molar-refractivity contribution in [2.75, 3.05) is 0 Å². The number of aromatic nitrogens is 2. The summed E-state index contributed by atoms with van der Waals surface area (Å²) in [7, 11) is 0. The van der Waals surface area contributed by atoms with Crippen molar-refractivity contribution in [2.24, 2.45) is 0 Å². The zero-order valence-electron chi connectivity index (χ0n) is 4.46. The molecule has 0 aliphatic carbocycles. The highest BCUT2D eigenvalue weighted by Crippen LogP contribution is 1.87. The Hall–Kier alpha value is -1.36. The topological polar surface area (TPSA) is 78.0 Å². The maximum atomic E-state index is 10.4. The Bertz CT molecular complexity index is 194. The smallest absolute Gasteiger partial charge is 0.294 e. The van der Waals surface area contributed by atoms with Crippen LogP contribution in [0.15, 0.2) is 12.5 Å². The van der Waals surface area contributed by atoms with Crippen LogP contribution in [0.2, 0.25) is 0 Å². The van der Waals surface area contributed by atoms with Crippen LogP contribution in [-0.4, -0.2) is 21.1 Å². The second kappa shape index (κ2) is 2.27. The first-order valence-corrected chi connectivity index (χ1v) is 2.28. The van der Waals surface area contributed by atoms with E-state index in [0.717, 1.165) is 0 Å². The van der Waals surface area contributed by atoms with Crippen molar-refractivity contribution in [2.45, 2.75) is 0 Å². The van der Waals surface area contributed by atoms with Gasteiger partial charge in [-0.1, -0.05) is 0 Å². The summed E-state index contributed by atoms with van der Waals surface area (Å²) < 4.78 is 0. The van der Waals surface area contributed by atoms with E-state index in [1.54, 1.807) is 0 Å². The number of nitrogens with one attached hydrogen (secondary N) is 2. The van der Waals surface area contributed by atoms with Crippen LogP contribution < -0.4 is 5.48 Å². The number of carbonyl (C=O) groups is 1. The van der Waals surface area contributed by atoms with E-state index in [2.05, 4.69) is 9.97 Å². The predicted molar refractivity (Wildman–Crippen MR) is 27.8 cm³/mol. The van der Waals surface area contributed by atoms with E-state index in [-0.39, 0.29) is 5.69 Å². The molecule has 0 aromatic carbocycles. The number of hydrogen-bond acceptors (Lipinski definition) is 3. The molecule has 5 nitrogen and oxygen atoms in total. The monoisotopic (exact) mass is 127 g/mol. The molecule has 0 bridgehead atoms. The minimum Gasteiger partial charge on any atom is -0.350 e. The van der Waals surface area contributed by atoms with Gasteiger partial charge in [0.25, 0.3) is 5.91 Å². The molecule has 1 rings (SSSR count). The highest BCUT2D eigenvalue weighted by molar-refractivity contribution is 5.90. The minimum absolute atomic E-state index is 0.164. The zero-order valence-corrected chi connectivity index (χ0v) is 4.46. The van der Waals surface area contributed by atoms with Gasteiger partial charge in [-0.15, -0.1) is 0 Å². The van der Waals surface area contributed by atoms with Crippen LogP contribution >= 0.6 is 0 Å². The molecule has 1 aromatic heterocycles.